The second-order valence-electron chi connectivity index (χ2n) is 3.31. The molecule has 1 rings (SSSR count). The van der Waals surface area contributed by atoms with Gasteiger partial charge in [0.05, 0.1) is 0 Å². The van der Waals surface area contributed by atoms with Crippen LogP contribution in [0.25, 0.3) is 0 Å². The predicted molar refractivity (Wildman–Crippen MR) is 58.5 cm³/mol. The Morgan fingerprint density at radius 1 is 1.79 bits per heavy atom. The smallest absolute Gasteiger partial charge is 0.269 e. The zero-order valence-electron chi connectivity index (χ0n) is 8.33. The molecule has 14 heavy (non-hydrogen) atoms. The van der Waals surface area contributed by atoms with Crippen molar-refractivity contribution in [1.82, 2.24) is 15.1 Å². The van der Waals surface area contributed by atoms with E-state index in [0.29, 0.717) is 18.2 Å². The first-order valence-corrected chi connectivity index (χ1v) is 5.59. The molecule has 1 atom stereocenters. The van der Waals surface area contributed by atoms with Crippen LogP contribution in [-0.4, -0.2) is 27.6 Å². The Hall–Kier alpha value is -0.840. The van der Waals surface area contributed by atoms with Crippen LogP contribution >= 0.6 is 15.9 Å². The first-order chi connectivity index (χ1) is 6.65. The molecule has 1 amide bonds. The standard InChI is InChI=1S/C9H14BrN3O/c1-7(5-10)6-11-9(14)8-3-4-12-13(8)2/h3-4,7H,5-6H2,1-2H3,(H,11,14). The third-order valence-corrected chi connectivity index (χ3v) is 3.03. The van der Waals surface area contributed by atoms with E-state index in [1.54, 1.807) is 24.0 Å². The predicted octanol–water partition coefficient (Wildman–Crippen LogP) is 1.18. The molecule has 1 heterocycles. The quantitative estimate of drug-likeness (QED) is 0.826. The average Bonchev–Trinajstić information content (AvgIpc) is 2.60. The van der Waals surface area contributed by atoms with Crippen LogP contribution in [0.15, 0.2) is 12.3 Å². The number of carbonyl (C=O) groups is 1. The fraction of sp³-hybridized carbons (Fsp3) is 0.556. The van der Waals surface area contributed by atoms with Crippen LogP contribution in [0.1, 0.15) is 17.4 Å². The molecule has 0 bridgehead atoms. The van der Waals surface area contributed by atoms with E-state index in [9.17, 15) is 4.79 Å². The van der Waals surface area contributed by atoms with Gasteiger partial charge in [-0.2, -0.15) is 5.10 Å². The van der Waals surface area contributed by atoms with Gasteiger partial charge in [-0.05, 0) is 12.0 Å². The van der Waals surface area contributed by atoms with Gasteiger partial charge in [0.25, 0.3) is 5.91 Å². The molecule has 4 nitrogen and oxygen atoms in total. The summed E-state index contributed by atoms with van der Waals surface area (Å²) in [6, 6.07) is 1.70. The first kappa shape index (κ1) is 11.2. The Morgan fingerprint density at radius 3 is 3.00 bits per heavy atom. The number of amides is 1. The average molecular weight is 260 g/mol. The van der Waals surface area contributed by atoms with E-state index in [0.717, 1.165) is 5.33 Å². The molecule has 1 aromatic heterocycles. The van der Waals surface area contributed by atoms with E-state index in [2.05, 4.69) is 33.3 Å². The third kappa shape index (κ3) is 2.83. The lowest BCUT2D eigenvalue weighted by Gasteiger charge is -2.09. The summed E-state index contributed by atoms with van der Waals surface area (Å²) in [5, 5.41) is 7.67. The van der Waals surface area contributed by atoms with Gasteiger partial charge in [-0.25, -0.2) is 0 Å². The minimum Gasteiger partial charge on any atom is -0.350 e. The summed E-state index contributed by atoms with van der Waals surface area (Å²) in [5.74, 6) is 0.366. The topological polar surface area (TPSA) is 46.9 Å². The molecule has 0 radical (unpaired) electrons. The van der Waals surface area contributed by atoms with Crippen LogP contribution in [0.2, 0.25) is 0 Å². The molecule has 1 aromatic rings. The fourth-order valence-electron chi connectivity index (χ4n) is 1.01. The number of carbonyl (C=O) groups excluding carboxylic acids is 1. The van der Waals surface area contributed by atoms with Crippen molar-refractivity contribution in [3.63, 3.8) is 0 Å². The fourth-order valence-corrected chi connectivity index (χ4v) is 1.24. The van der Waals surface area contributed by atoms with Crippen LogP contribution in [-0.2, 0) is 7.05 Å². The van der Waals surface area contributed by atoms with Gasteiger partial charge in [0.2, 0.25) is 0 Å². The number of aryl methyl sites for hydroxylation is 1. The molecule has 78 valence electrons. The highest BCUT2D eigenvalue weighted by Crippen LogP contribution is 1.99. The molecule has 0 spiro atoms. The highest BCUT2D eigenvalue weighted by molar-refractivity contribution is 9.09. The summed E-state index contributed by atoms with van der Waals surface area (Å²) in [5.41, 5.74) is 0.590. The molecule has 0 aliphatic heterocycles. The number of halogens is 1. The zero-order valence-corrected chi connectivity index (χ0v) is 9.91. The molecule has 1 unspecified atom stereocenters. The lowest BCUT2D eigenvalue weighted by molar-refractivity contribution is 0.0940. The van der Waals surface area contributed by atoms with E-state index in [1.165, 1.54) is 0 Å². The number of nitrogens with zero attached hydrogens (tertiary/aromatic N) is 2. The van der Waals surface area contributed by atoms with E-state index >= 15 is 0 Å². The maximum Gasteiger partial charge on any atom is 0.269 e. The second kappa shape index (κ2) is 5.14. The van der Waals surface area contributed by atoms with Gasteiger partial charge >= 0.3 is 0 Å². The van der Waals surface area contributed by atoms with Gasteiger partial charge in [-0.3, -0.25) is 9.48 Å². The van der Waals surface area contributed by atoms with Crippen LogP contribution in [0.4, 0.5) is 0 Å². The van der Waals surface area contributed by atoms with Gasteiger partial charge in [0.1, 0.15) is 5.69 Å². The Labute approximate surface area is 91.8 Å². The monoisotopic (exact) mass is 259 g/mol. The molecule has 5 heteroatoms. The number of alkyl halides is 1. The molecular weight excluding hydrogens is 246 g/mol. The number of rotatable bonds is 4. The van der Waals surface area contributed by atoms with Gasteiger partial charge in [-0.15, -0.1) is 0 Å². The van der Waals surface area contributed by atoms with Gasteiger partial charge in [0.15, 0.2) is 0 Å². The Kier molecular flexibility index (Phi) is 4.13. The van der Waals surface area contributed by atoms with Crippen molar-refractivity contribution < 1.29 is 4.79 Å². The molecule has 0 aliphatic carbocycles. The van der Waals surface area contributed by atoms with Crippen LogP contribution in [0.3, 0.4) is 0 Å². The lowest BCUT2D eigenvalue weighted by Crippen LogP contribution is -2.30. The Balaban J connectivity index is 2.47. The molecule has 1 N–H and O–H groups in total. The van der Waals surface area contributed by atoms with Crippen molar-refractivity contribution in [3.05, 3.63) is 18.0 Å². The van der Waals surface area contributed by atoms with Gasteiger partial charge in [-0.1, -0.05) is 22.9 Å². The summed E-state index contributed by atoms with van der Waals surface area (Å²) < 4.78 is 1.56. The minimum absolute atomic E-state index is 0.0715. The maximum atomic E-state index is 11.6. The molecule has 0 saturated carbocycles. The second-order valence-corrected chi connectivity index (χ2v) is 3.96. The normalized spacial score (nSPS) is 12.5. The van der Waals surface area contributed by atoms with E-state index < -0.39 is 0 Å². The summed E-state index contributed by atoms with van der Waals surface area (Å²) in [4.78, 5) is 11.6. The van der Waals surface area contributed by atoms with E-state index in [-0.39, 0.29) is 5.91 Å². The minimum atomic E-state index is -0.0715. The van der Waals surface area contributed by atoms with Crippen molar-refractivity contribution >= 4 is 21.8 Å². The summed E-state index contributed by atoms with van der Waals surface area (Å²) in [6.45, 7) is 2.74. The maximum absolute atomic E-state index is 11.6. The zero-order chi connectivity index (χ0) is 10.6. The molecule has 0 aliphatic rings. The highest BCUT2D eigenvalue weighted by atomic mass is 79.9. The highest BCUT2D eigenvalue weighted by Gasteiger charge is 2.09. The van der Waals surface area contributed by atoms with Crippen LogP contribution in [0.5, 0.6) is 0 Å². The number of hydrogen-bond acceptors (Lipinski definition) is 2. The first-order valence-electron chi connectivity index (χ1n) is 4.47. The van der Waals surface area contributed by atoms with Crippen molar-refractivity contribution in [2.24, 2.45) is 13.0 Å². The van der Waals surface area contributed by atoms with E-state index in [4.69, 9.17) is 0 Å². The molecular formula is C9H14BrN3O. The molecule has 0 saturated heterocycles. The number of aromatic nitrogens is 2. The van der Waals surface area contributed by atoms with Crippen LogP contribution < -0.4 is 5.32 Å². The summed E-state index contributed by atoms with van der Waals surface area (Å²) in [6.07, 6.45) is 1.61. The van der Waals surface area contributed by atoms with Gasteiger partial charge in [0, 0.05) is 25.1 Å². The van der Waals surface area contributed by atoms with Crippen LogP contribution in [0, 0.1) is 5.92 Å². The number of nitrogens with one attached hydrogen (secondary N) is 1. The van der Waals surface area contributed by atoms with Crippen molar-refractivity contribution in [1.29, 1.82) is 0 Å². The van der Waals surface area contributed by atoms with E-state index in [1.807, 2.05) is 0 Å². The van der Waals surface area contributed by atoms with Gasteiger partial charge < -0.3 is 5.32 Å². The third-order valence-electron chi connectivity index (χ3n) is 1.93. The SMILES string of the molecule is CC(CBr)CNC(=O)c1ccnn1C. The van der Waals surface area contributed by atoms with Crippen molar-refractivity contribution in [2.75, 3.05) is 11.9 Å². The largest absolute Gasteiger partial charge is 0.350 e. The summed E-state index contributed by atoms with van der Waals surface area (Å²) >= 11 is 3.36. The lowest BCUT2D eigenvalue weighted by atomic mass is 10.2. The molecule has 0 fully saturated rings. The van der Waals surface area contributed by atoms with Crippen molar-refractivity contribution in [2.45, 2.75) is 6.92 Å². The Morgan fingerprint density at radius 2 is 2.50 bits per heavy atom. The van der Waals surface area contributed by atoms with Crippen molar-refractivity contribution in [3.8, 4) is 0 Å². The Bertz CT molecular complexity index is 311. The number of hydrogen-bond donors (Lipinski definition) is 1. The molecule has 0 aromatic carbocycles. The summed E-state index contributed by atoms with van der Waals surface area (Å²) in [7, 11) is 1.75.